The molecule has 0 radical (unpaired) electrons. The first-order valence-electron chi connectivity index (χ1n) is 5.53. The van der Waals surface area contributed by atoms with Crippen LogP contribution in [-0.2, 0) is 0 Å². The van der Waals surface area contributed by atoms with Gasteiger partial charge in [0.2, 0.25) is 5.82 Å². The maximum atomic E-state index is 11.0. The number of anilines is 1. The molecule has 0 fully saturated rings. The second-order valence-corrected chi connectivity index (χ2v) is 4.95. The molecule has 0 aliphatic carbocycles. The second kappa shape index (κ2) is 5.49. The van der Waals surface area contributed by atoms with Gasteiger partial charge >= 0.3 is 5.69 Å². The van der Waals surface area contributed by atoms with Crippen LogP contribution in [0, 0.1) is 10.1 Å². The molecule has 0 aliphatic rings. The molecule has 1 rings (SSSR count). The van der Waals surface area contributed by atoms with Crippen molar-refractivity contribution >= 4 is 23.1 Å². The summed E-state index contributed by atoms with van der Waals surface area (Å²) in [6.45, 7) is 5.81. The number of aliphatic hydroxyl groups is 1. The molecule has 0 aromatic carbocycles. The van der Waals surface area contributed by atoms with Crippen LogP contribution in [0.1, 0.15) is 20.8 Å². The Morgan fingerprint density at radius 1 is 1.56 bits per heavy atom. The van der Waals surface area contributed by atoms with Gasteiger partial charge in [-0.2, -0.15) is 0 Å². The lowest BCUT2D eigenvalue weighted by atomic mass is 10.1. The molecule has 18 heavy (non-hydrogen) atoms. The predicted octanol–water partition coefficient (Wildman–Crippen LogP) is 2.24. The number of nitrogens with zero attached hydrogens (tertiary/aromatic N) is 3. The molecular formula is C11H16ClN3O3. The number of hydrogen-bond donors (Lipinski definition) is 1. The Bertz CT molecular complexity index is 446. The van der Waals surface area contributed by atoms with Crippen LogP contribution >= 0.6 is 11.6 Å². The first-order valence-corrected chi connectivity index (χ1v) is 5.90. The molecule has 1 aromatic rings. The highest BCUT2D eigenvalue weighted by Crippen LogP contribution is 2.28. The van der Waals surface area contributed by atoms with E-state index in [1.807, 2.05) is 6.92 Å². The standard InChI is InChI=1S/C11H16ClN3O3/c1-4-14(7-11(2,3)16)10-8(15(17)18)5-6-9(12)13-10/h5-6,16H,4,7H2,1-3H3. The molecule has 0 bridgehead atoms. The summed E-state index contributed by atoms with van der Waals surface area (Å²) in [6, 6.07) is 2.69. The first-order chi connectivity index (χ1) is 8.24. The van der Waals surface area contributed by atoms with E-state index in [0.717, 1.165) is 0 Å². The quantitative estimate of drug-likeness (QED) is 0.506. The highest BCUT2D eigenvalue weighted by molar-refractivity contribution is 6.29. The monoisotopic (exact) mass is 273 g/mol. The summed E-state index contributed by atoms with van der Waals surface area (Å²) in [5.41, 5.74) is -1.10. The first kappa shape index (κ1) is 14.7. The molecule has 1 N–H and O–H groups in total. The van der Waals surface area contributed by atoms with Gasteiger partial charge < -0.3 is 10.0 Å². The Morgan fingerprint density at radius 3 is 2.61 bits per heavy atom. The largest absolute Gasteiger partial charge is 0.389 e. The third-order valence-electron chi connectivity index (χ3n) is 2.28. The van der Waals surface area contributed by atoms with Crippen LogP contribution in [0.15, 0.2) is 12.1 Å². The van der Waals surface area contributed by atoms with Gasteiger partial charge in [-0.3, -0.25) is 10.1 Å². The average Bonchev–Trinajstić information content (AvgIpc) is 2.24. The van der Waals surface area contributed by atoms with Crippen molar-refractivity contribution in [1.29, 1.82) is 0 Å². The van der Waals surface area contributed by atoms with Gasteiger partial charge in [-0.15, -0.1) is 0 Å². The van der Waals surface area contributed by atoms with Gasteiger partial charge in [-0.05, 0) is 26.8 Å². The molecule has 0 spiro atoms. The lowest BCUT2D eigenvalue weighted by Crippen LogP contribution is -2.39. The fraction of sp³-hybridized carbons (Fsp3) is 0.545. The van der Waals surface area contributed by atoms with Crippen LogP contribution in [0.4, 0.5) is 11.5 Å². The number of rotatable bonds is 5. The van der Waals surface area contributed by atoms with Crippen molar-refractivity contribution in [2.24, 2.45) is 0 Å². The van der Waals surface area contributed by atoms with Gasteiger partial charge in [0, 0.05) is 19.2 Å². The molecule has 1 aromatic heterocycles. The van der Waals surface area contributed by atoms with Crippen molar-refractivity contribution in [3.05, 3.63) is 27.4 Å². The summed E-state index contributed by atoms with van der Waals surface area (Å²) in [7, 11) is 0. The number of likely N-dealkylation sites (N-methyl/N-ethyl adjacent to an activating group) is 1. The van der Waals surface area contributed by atoms with E-state index in [4.69, 9.17) is 11.6 Å². The number of pyridine rings is 1. The van der Waals surface area contributed by atoms with Crippen LogP contribution in [-0.4, -0.2) is 33.7 Å². The van der Waals surface area contributed by atoms with Crippen molar-refractivity contribution < 1.29 is 10.0 Å². The fourth-order valence-corrected chi connectivity index (χ4v) is 1.74. The molecule has 1 heterocycles. The van der Waals surface area contributed by atoms with E-state index in [2.05, 4.69) is 4.98 Å². The molecular weight excluding hydrogens is 258 g/mol. The Kier molecular flexibility index (Phi) is 4.48. The maximum Gasteiger partial charge on any atom is 0.311 e. The van der Waals surface area contributed by atoms with Gasteiger partial charge in [-0.25, -0.2) is 4.98 Å². The van der Waals surface area contributed by atoms with Crippen molar-refractivity contribution in [3.8, 4) is 0 Å². The predicted molar refractivity (Wildman–Crippen MR) is 70.1 cm³/mol. The minimum absolute atomic E-state index is 0.120. The zero-order chi connectivity index (χ0) is 13.9. The Balaban J connectivity index is 3.19. The zero-order valence-corrected chi connectivity index (χ0v) is 11.3. The van der Waals surface area contributed by atoms with E-state index < -0.39 is 10.5 Å². The van der Waals surface area contributed by atoms with Crippen LogP contribution in [0.25, 0.3) is 0 Å². The van der Waals surface area contributed by atoms with E-state index in [9.17, 15) is 15.2 Å². The highest BCUT2D eigenvalue weighted by atomic mass is 35.5. The summed E-state index contributed by atoms with van der Waals surface area (Å²) in [4.78, 5) is 16.1. The summed E-state index contributed by atoms with van der Waals surface area (Å²) >= 11 is 5.77. The van der Waals surface area contributed by atoms with Gasteiger partial charge in [0.05, 0.1) is 10.5 Å². The van der Waals surface area contributed by atoms with Crippen LogP contribution in [0.3, 0.4) is 0 Å². The fourth-order valence-electron chi connectivity index (χ4n) is 1.60. The summed E-state index contributed by atoms with van der Waals surface area (Å²) in [5, 5.41) is 20.9. The molecule has 100 valence electrons. The van der Waals surface area contributed by atoms with Crippen molar-refractivity contribution in [2.45, 2.75) is 26.4 Å². The lowest BCUT2D eigenvalue weighted by molar-refractivity contribution is -0.384. The SMILES string of the molecule is CCN(CC(C)(C)O)c1nc(Cl)ccc1[N+](=O)[O-]. The van der Waals surface area contributed by atoms with E-state index in [0.29, 0.717) is 6.54 Å². The molecule has 0 saturated carbocycles. The molecule has 0 amide bonds. The Hall–Kier alpha value is -1.40. The van der Waals surface area contributed by atoms with Crippen molar-refractivity contribution in [1.82, 2.24) is 4.98 Å². The topological polar surface area (TPSA) is 79.5 Å². The second-order valence-electron chi connectivity index (χ2n) is 4.56. The maximum absolute atomic E-state index is 11.0. The third kappa shape index (κ3) is 3.82. The van der Waals surface area contributed by atoms with Crippen LogP contribution < -0.4 is 4.90 Å². The molecule has 0 unspecified atom stereocenters. The Labute approximate surface area is 110 Å². The van der Waals surface area contributed by atoms with Gasteiger partial charge in [0.1, 0.15) is 5.15 Å². The van der Waals surface area contributed by atoms with Gasteiger partial charge in [0.25, 0.3) is 0 Å². The van der Waals surface area contributed by atoms with Crippen LogP contribution in [0.2, 0.25) is 5.15 Å². The smallest absolute Gasteiger partial charge is 0.311 e. The number of aromatic nitrogens is 1. The van der Waals surface area contributed by atoms with E-state index in [1.165, 1.54) is 12.1 Å². The minimum atomic E-state index is -0.978. The minimum Gasteiger partial charge on any atom is -0.389 e. The lowest BCUT2D eigenvalue weighted by Gasteiger charge is -2.28. The molecule has 0 saturated heterocycles. The van der Waals surface area contributed by atoms with Crippen molar-refractivity contribution in [2.75, 3.05) is 18.0 Å². The molecule has 0 atom stereocenters. The molecule has 6 nitrogen and oxygen atoms in total. The average molecular weight is 274 g/mol. The Morgan fingerprint density at radius 2 is 2.17 bits per heavy atom. The zero-order valence-electron chi connectivity index (χ0n) is 10.6. The van der Waals surface area contributed by atoms with Crippen molar-refractivity contribution in [3.63, 3.8) is 0 Å². The van der Waals surface area contributed by atoms with Crippen LogP contribution in [0.5, 0.6) is 0 Å². The summed E-state index contributed by atoms with van der Waals surface area (Å²) in [6.07, 6.45) is 0. The molecule has 7 heteroatoms. The summed E-state index contributed by atoms with van der Waals surface area (Å²) in [5.74, 6) is 0.178. The van der Waals surface area contributed by atoms with Gasteiger partial charge in [-0.1, -0.05) is 11.6 Å². The van der Waals surface area contributed by atoms with E-state index in [1.54, 1.807) is 18.7 Å². The van der Waals surface area contributed by atoms with Gasteiger partial charge in [0.15, 0.2) is 0 Å². The highest BCUT2D eigenvalue weighted by Gasteiger charge is 2.25. The number of nitro groups is 1. The van der Waals surface area contributed by atoms with E-state index >= 15 is 0 Å². The summed E-state index contributed by atoms with van der Waals surface area (Å²) < 4.78 is 0. The van der Waals surface area contributed by atoms with E-state index in [-0.39, 0.29) is 23.2 Å². The normalized spacial score (nSPS) is 11.4. The molecule has 0 aliphatic heterocycles. The number of hydrogen-bond acceptors (Lipinski definition) is 5. The number of halogens is 1. The third-order valence-corrected chi connectivity index (χ3v) is 2.49.